The van der Waals surface area contributed by atoms with Crippen LogP contribution in [-0.2, 0) is 22.7 Å². The molecule has 5 nitrogen and oxygen atoms in total. The van der Waals surface area contributed by atoms with Crippen LogP contribution in [0.5, 0.6) is 0 Å². The zero-order valence-corrected chi connectivity index (χ0v) is 13.8. The molecule has 2 atom stereocenters. The SMILES string of the molecule is COCc1ccccc1CNC(=O)C1CC(c2ccccc2)NN1. The van der Waals surface area contributed by atoms with Crippen molar-refractivity contribution in [3.63, 3.8) is 0 Å². The summed E-state index contributed by atoms with van der Waals surface area (Å²) in [6.07, 6.45) is 0.732. The van der Waals surface area contributed by atoms with E-state index >= 15 is 0 Å². The number of hydrogen-bond donors (Lipinski definition) is 3. The summed E-state index contributed by atoms with van der Waals surface area (Å²) in [6.45, 7) is 1.05. The summed E-state index contributed by atoms with van der Waals surface area (Å²) < 4.78 is 5.20. The summed E-state index contributed by atoms with van der Waals surface area (Å²) in [4.78, 5) is 12.4. The fourth-order valence-corrected chi connectivity index (χ4v) is 2.96. The van der Waals surface area contributed by atoms with E-state index in [9.17, 15) is 4.79 Å². The lowest BCUT2D eigenvalue weighted by Crippen LogP contribution is -2.43. The Balaban J connectivity index is 1.55. The standard InChI is InChI=1S/C19H23N3O2/c1-24-13-16-10-6-5-9-15(16)12-20-19(23)18-11-17(21-22-18)14-7-3-2-4-8-14/h2-10,17-18,21-22H,11-13H2,1H3,(H,20,23). The maximum atomic E-state index is 12.4. The molecule has 0 bridgehead atoms. The highest BCUT2D eigenvalue weighted by Gasteiger charge is 2.29. The molecule has 126 valence electrons. The first kappa shape index (κ1) is 16.6. The van der Waals surface area contributed by atoms with Gasteiger partial charge in [0.25, 0.3) is 0 Å². The Kier molecular flexibility index (Phi) is 5.59. The van der Waals surface area contributed by atoms with E-state index in [1.807, 2.05) is 42.5 Å². The predicted octanol–water partition coefficient (Wildman–Crippen LogP) is 2.06. The van der Waals surface area contributed by atoms with Crippen LogP contribution in [0.15, 0.2) is 54.6 Å². The monoisotopic (exact) mass is 325 g/mol. The molecule has 0 spiro atoms. The third-order valence-corrected chi connectivity index (χ3v) is 4.29. The van der Waals surface area contributed by atoms with E-state index in [2.05, 4.69) is 28.3 Å². The normalized spacial score (nSPS) is 20.0. The van der Waals surface area contributed by atoms with Crippen LogP contribution in [0.2, 0.25) is 0 Å². The van der Waals surface area contributed by atoms with Crippen molar-refractivity contribution in [3.05, 3.63) is 71.3 Å². The van der Waals surface area contributed by atoms with Crippen molar-refractivity contribution in [1.29, 1.82) is 0 Å². The first-order valence-corrected chi connectivity index (χ1v) is 8.17. The number of methoxy groups -OCH3 is 1. The van der Waals surface area contributed by atoms with Gasteiger partial charge in [-0.25, -0.2) is 10.9 Å². The van der Waals surface area contributed by atoms with Gasteiger partial charge >= 0.3 is 0 Å². The van der Waals surface area contributed by atoms with E-state index < -0.39 is 0 Å². The van der Waals surface area contributed by atoms with Crippen molar-refractivity contribution in [1.82, 2.24) is 16.2 Å². The van der Waals surface area contributed by atoms with Crippen LogP contribution >= 0.6 is 0 Å². The Morgan fingerprint density at radius 2 is 1.79 bits per heavy atom. The fourth-order valence-electron chi connectivity index (χ4n) is 2.96. The molecule has 1 heterocycles. The summed E-state index contributed by atoms with van der Waals surface area (Å²) >= 11 is 0. The topological polar surface area (TPSA) is 62.4 Å². The Labute approximate surface area is 142 Å². The maximum Gasteiger partial charge on any atom is 0.238 e. The molecule has 2 aromatic carbocycles. The Hall–Kier alpha value is -2.21. The summed E-state index contributed by atoms with van der Waals surface area (Å²) in [5, 5.41) is 3.01. The molecule has 24 heavy (non-hydrogen) atoms. The number of carbonyl (C=O) groups is 1. The van der Waals surface area contributed by atoms with Crippen LogP contribution in [-0.4, -0.2) is 19.1 Å². The van der Waals surface area contributed by atoms with Gasteiger partial charge < -0.3 is 10.1 Å². The van der Waals surface area contributed by atoms with Crippen LogP contribution in [0.4, 0.5) is 0 Å². The van der Waals surface area contributed by atoms with Crippen molar-refractivity contribution in [2.75, 3.05) is 7.11 Å². The average Bonchev–Trinajstić information content (AvgIpc) is 3.12. The molecule has 0 aromatic heterocycles. The third-order valence-electron chi connectivity index (χ3n) is 4.29. The maximum absolute atomic E-state index is 12.4. The van der Waals surface area contributed by atoms with Gasteiger partial charge in [0.2, 0.25) is 5.91 Å². The van der Waals surface area contributed by atoms with Crippen LogP contribution in [0.25, 0.3) is 0 Å². The molecular formula is C19H23N3O2. The molecule has 5 heteroatoms. The second-order valence-electron chi connectivity index (χ2n) is 5.96. The molecule has 1 saturated heterocycles. The molecular weight excluding hydrogens is 302 g/mol. The number of benzene rings is 2. The zero-order valence-electron chi connectivity index (χ0n) is 13.8. The first-order chi connectivity index (χ1) is 11.8. The first-order valence-electron chi connectivity index (χ1n) is 8.17. The minimum atomic E-state index is -0.232. The smallest absolute Gasteiger partial charge is 0.238 e. The minimum Gasteiger partial charge on any atom is -0.380 e. The molecule has 1 amide bonds. The highest BCUT2D eigenvalue weighted by atomic mass is 16.5. The quantitative estimate of drug-likeness (QED) is 0.761. The summed E-state index contributed by atoms with van der Waals surface area (Å²) in [6, 6.07) is 18.1. The van der Waals surface area contributed by atoms with Gasteiger partial charge in [-0.15, -0.1) is 0 Å². The van der Waals surface area contributed by atoms with Crippen molar-refractivity contribution in [2.45, 2.75) is 31.7 Å². The van der Waals surface area contributed by atoms with Gasteiger partial charge in [0.1, 0.15) is 6.04 Å². The van der Waals surface area contributed by atoms with Crippen molar-refractivity contribution in [3.8, 4) is 0 Å². The summed E-state index contributed by atoms with van der Waals surface area (Å²) in [5.41, 5.74) is 9.66. The van der Waals surface area contributed by atoms with Crippen molar-refractivity contribution >= 4 is 5.91 Å². The second-order valence-corrected chi connectivity index (χ2v) is 5.96. The van der Waals surface area contributed by atoms with Gasteiger partial charge in [0, 0.05) is 19.7 Å². The van der Waals surface area contributed by atoms with Crippen molar-refractivity contribution in [2.24, 2.45) is 0 Å². The van der Waals surface area contributed by atoms with E-state index in [-0.39, 0.29) is 18.0 Å². The molecule has 2 unspecified atom stereocenters. The summed E-state index contributed by atoms with van der Waals surface area (Å²) in [7, 11) is 1.67. The van der Waals surface area contributed by atoms with E-state index in [4.69, 9.17) is 4.74 Å². The number of rotatable bonds is 6. The Morgan fingerprint density at radius 3 is 2.54 bits per heavy atom. The lowest BCUT2D eigenvalue weighted by atomic mass is 10.0. The molecule has 0 radical (unpaired) electrons. The lowest BCUT2D eigenvalue weighted by Gasteiger charge is -2.13. The van der Waals surface area contributed by atoms with E-state index in [1.165, 1.54) is 5.56 Å². The number of hydrazine groups is 1. The van der Waals surface area contributed by atoms with E-state index in [0.29, 0.717) is 13.2 Å². The molecule has 2 aromatic rings. The highest BCUT2D eigenvalue weighted by molar-refractivity contribution is 5.82. The molecule has 0 saturated carbocycles. The van der Waals surface area contributed by atoms with E-state index in [1.54, 1.807) is 7.11 Å². The summed E-state index contributed by atoms with van der Waals surface area (Å²) in [5.74, 6) is 0.00755. The fraction of sp³-hybridized carbons (Fsp3) is 0.316. The van der Waals surface area contributed by atoms with Crippen LogP contribution in [0, 0.1) is 0 Å². The zero-order chi connectivity index (χ0) is 16.8. The number of hydrogen-bond acceptors (Lipinski definition) is 4. The highest BCUT2D eigenvalue weighted by Crippen LogP contribution is 2.21. The van der Waals surface area contributed by atoms with E-state index in [0.717, 1.165) is 17.5 Å². The largest absolute Gasteiger partial charge is 0.380 e. The Morgan fingerprint density at radius 1 is 1.08 bits per heavy atom. The molecule has 0 aliphatic carbocycles. The third kappa shape index (κ3) is 4.00. The molecule has 3 rings (SSSR count). The number of nitrogens with one attached hydrogen (secondary N) is 3. The Bertz CT molecular complexity index is 675. The van der Waals surface area contributed by atoms with Crippen LogP contribution in [0.3, 0.4) is 0 Å². The second kappa shape index (κ2) is 8.06. The van der Waals surface area contributed by atoms with Crippen LogP contribution < -0.4 is 16.2 Å². The molecule has 3 N–H and O–H groups in total. The number of amides is 1. The van der Waals surface area contributed by atoms with Gasteiger partial charge in [-0.2, -0.15) is 0 Å². The lowest BCUT2D eigenvalue weighted by molar-refractivity contribution is -0.123. The molecule has 1 aliphatic rings. The van der Waals surface area contributed by atoms with Crippen molar-refractivity contribution < 1.29 is 9.53 Å². The van der Waals surface area contributed by atoms with Gasteiger partial charge in [-0.05, 0) is 23.1 Å². The molecule has 1 aliphatic heterocycles. The molecule has 1 fully saturated rings. The van der Waals surface area contributed by atoms with Gasteiger partial charge in [-0.1, -0.05) is 54.6 Å². The van der Waals surface area contributed by atoms with Gasteiger partial charge in [0.15, 0.2) is 0 Å². The predicted molar refractivity (Wildman–Crippen MR) is 92.9 cm³/mol. The van der Waals surface area contributed by atoms with Crippen LogP contribution in [0.1, 0.15) is 29.2 Å². The number of ether oxygens (including phenoxy) is 1. The average molecular weight is 325 g/mol. The minimum absolute atomic E-state index is 0.00755. The van der Waals surface area contributed by atoms with Gasteiger partial charge in [-0.3, -0.25) is 4.79 Å². The number of carbonyl (C=O) groups excluding carboxylic acids is 1. The van der Waals surface area contributed by atoms with Gasteiger partial charge in [0.05, 0.1) is 6.61 Å².